The predicted molar refractivity (Wildman–Crippen MR) is 80.7 cm³/mol. The molecule has 0 saturated heterocycles. The van der Waals surface area contributed by atoms with Gasteiger partial charge in [0.2, 0.25) is 0 Å². The first-order chi connectivity index (χ1) is 8.56. The molecule has 18 heavy (non-hydrogen) atoms. The molecule has 0 heterocycles. The number of nitrogens with two attached hydrogens (primary N) is 1. The van der Waals surface area contributed by atoms with Crippen molar-refractivity contribution in [3.8, 4) is 0 Å². The average molecular weight is 342 g/mol. The number of hydrogen-bond acceptors (Lipinski definition) is 2. The van der Waals surface area contributed by atoms with E-state index in [1.54, 1.807) is 11.8 Å². The van der Waals surface area contributed by atoms with Crippen LogP contribution in [0.15, 0.2) is 56.7 Å². The number of benzene rings is 2. The summed E-state index contributed by atoms with van der Waals surface area (Å²) in [6.07, 6.45) is 0. The monoisotopic (exact) mass is 340 g/mol. The molecule has 0 unspecified atom stereocenters. The molecule has 0 aromatic heterocycles. The van der Waals surface area contributed by atoms with Crippen molar-refractivity contribution in [2.75, 3.05) is 0 Å². The van der Waals surface area contributed by atoms with Crippen LogP contribution in [0.2, 0.25) is 5.02 Å². The van der Waals surface area contributed by atoms with Crippen molar-refractivity contribution in [2.24, 2.45) is 5.73 Å². The Morgan fingerprint density at radius 1 is 1.17 bits per heavy atom. The van der Waals surface area contributed by atoms with Crippen molar-refractivity contribution in [2.45, 2.75) is 9.79 Å². The molecular formula is C13H10BrClN2S. The maximum Gasteiger partial charge on any atom is 0.123 e. The Bertz CT molecular complexity index is 584. The molecule has 2 nitrogen and oxygen atoms in total. The largest absolute Gasteiger partial charge is 0.384 e. The minimum atomic E-state index is 0.0685. The van der Waals surface area contributed by atoms with E-state index in [9.17, 15) is 0 Å². The number of halogens is 2. The van der Waals surface area contributed by atoms with E-state index in [0.29, 0.717) is 5.02 Å². The van der Waals surface area contributed by atoms with Gasteiger partial charge in [-0.3, -0.25) is 5.41 Å². The molecule has 0 amide bonds. The van der Waals surface area contributed by atoms with Gasteiger partial charge in [0.05, 0.1) is 0 Å². The van der Waals surface area contributed by atoms with E-state index in [1.165, 1.54) is 0 Å². The Labute approximate surface area is 123 Å². The van der Waals surface area contributed by atoms with Gasteiger partial charge in [-0.2, -0.15) is 0 Å². The van der Waals surface area contributed by atoms with Crippen LogP contribution in [0.4, 0.5) is 0 Å². The highest BCUT2D eigenvalue weighted by atomic mass is 79.9. The lowest BCUT2D eigenvalue weighted by molar-refractivity contribution is 1.32. The van der Waals surface area contributed by atoms with Gasteiger partial charge < -0.3 is 5.73 Å². The fourth-order valence-electron chi connectivity index (χ4n) is 1.43. The second-order valence-corrected chi connectivity index (χ2v) is 6.08. The summed E-state index contributed by atoms with van der Waals surface area (Å²) in [5.41, 5.74) is 6.31. The third-order valence-electron chi connectivity index (χ3n) is 2.28. The molecule has 0 atom stereocenters. The summed E-state index contributed by atoms with van der Waals surface area (Å²) in [5.74, 6) is 0.0685. The molecule has 0 bridgehead atoms. The molecule has 0 fully saturated rings. The highest BCUT2D eigenvalue weighted by Crippen LogP contribution is 2.32. The molecule has 3 N–H and O–H groups in total. The zero-order chi connectivity index (χ0) is 13.1. The van der Waals surface area contributed by atoms with Crippen LogP contribution in [0.1, 0.15) is 5.56 Å². The quantitative estimate of drug-likeness (QED) is 0.636. The molecule has 0 aliphatic rings. The van der Waals surface area contributed by atoms with Crippen LogP contribution in [0.5, 0.6) is 0 Å². The van der Waals surface area contributed by atoms with Gasteiger partial charge in [-0.25, -0.2) is 0 Å². The van der Waals surface area contributed by atoms with Gasteiger partial charge in [-0.15, -0.1) is 0 Å². The predicted octanol–water partition coefficient (Wildman–Crippen LogP) is 4.54. The SMILES string of the molecule is N=C(N)c1ccc(Br)cc1Sc1ccc(Cl)cc1. The van der Waals surface area contributed by atoms with Crippen LogP contribution in [0.3, 0.4) is 0 Å². The summed E-state index contributed by atoms with van der Waals surface area (Å²) in [4.78, 5) is 2.00. The number of nitrogens with one attached hydrogen (secondary N) is 1. The van der Waals surface area contributed by atoms with Crippen molar-refractivity contribution in [3.63, 3.8) is 0 Å². The van der Waals surface area contributed by atoms with Crippen LogP contribution < -0.4 is 5.73 Å². The maximum absolute atomic E-state index is 7.57. The lowest BCUT2D eigenvalue weighted by Crippen LogP contribution is -2.12. The second-order valence-electron chi connectivity index (χ2n) is 3.61. The smallest absolute Gasteiger partial charge is 0.123 e. The van der Waals surface area contributed by atoms with Gasteiger partial charge in [-0.05, 0) is 42.5 Å². The average Bonchev–Trinajstić information content (AvgIpc) is 2.32. The van der Waals surface area contributed by atoms with E-state index in [1.807, 2.05) is 42.5 Å². The molecule has 0 aliphatic heterocycles. The first-order valence-corrected chi connectivity index (χ1v) is 7.12. The van der Waals surface area contributed by atoms with Crippen molar-refractivity contribution >= 4 is 45.1 Å². The van der Waals surface area contributed by atoms with Gasteiger partial charge in [0.25, 0.3) is 0 Å². The van der Waals surface area contributed by atoms with E-state index >= 15 is 0 Å². The minimum absolute atomic E-state index is 0.0685. The Hall–Kier alpha value is -0.970. The van der Waals surface area contributed by atoms with Crippen molar-refractivity contribution < 1.29 is 0 Å². The lowest BCUT2D eigenvalue weighted by Gasteiger charge is -2.08. The highest BCUT2D eigenvalue weighted by molar-refractivity contribution is 9.10. The first kappa shape index (κ1) is 13.5. The van der Waals surface area contributed by atoms with Crippen molar-refractivity contribution in [1.29, 1.82) is 5.41 Å². The minimum Gasteiger partial charge on any atom is -0.384 e. The van der Waals surface area contributed by atoms with Crippen LogP contribution in [-0.2, 0) is 0 Å². The van der Waals surface area contributed by atoms with Crippen molar-refractivity contribution in [3.05, 3.63) is 57.5 Å². The molecule has 5 heteroatoms. The zero-order valence-electron chi connectivity index (χ0n) is 9.28. The Balaban J connectivity index is 2.35. The number of nitrogen functional groups attached to an aromatic ring is 1. The molecule has 0 saturated carbocycles. The van der Waals surface area contributed by atoms with E-state index in [2.05, 4.69) is 15.9 Å². The fraction of sp³-hybridized carbons (Fsp3) is 0. The molecule has 0 aliphatic carbocycles. The van der Waals surface area contributed by atoms with Crippen LogP contribution in [0.25, 0.3) is 0 Å². The van der Waals surface area contributed by atoms with Crippen LogP contribution in [0, 0.1) is 5.41 Å². The summed E-state index contributed by atoms with van der Waals surface area (Å²) in [5, 5.41) is 8.28. The van der Waals surface area contributed by atoms with Crippen LogP contribution in [-0.4, -0.2) is 5.84 Å². The van der Waals surface area contributed by atoms with Gasteiger partial charge in [0, 0.05) is 24.8 Å². The topological polar surface area (TPSA) is 49.9 Å². The third-order valence-corrected chi connectivity index (χ3v) is 4.09. The Morgan fingerprint density at radius 3 is 2.44 bits per heavy atom. The lowest BCUT2D eigenvalue weighted by atomic mass is 10.2. The van der Waals surface area contributed by atoms with E-state index in [-0.39, 0.29) is 5.84 Å². The molecule has 2 aromatic carbocycles. The standard InChI is InChI=1S/C13H10BrClN2S/c14-8-1-6-11(13(16)17)12(7-8)18-10-4-2-9(15)3-5-10/h1-7H,(H3,16,17). The van der Waals surface area contributed by atoms with E-state index in [4.69, 9.17) is 22.7 Å². The summed E-state index contributed by atoms with van der Waals surface area (Å²) in [6.45, 7) is 0. The summed E-state index contributed by atoms with van der Waals surface area (Å²) >= 11 is 10.8. The third kappa shape index (κ3) is 3.28. The molecule has 0 radical (unpaired) electrons. The number of amidine groups is 1. The Kier molecular flexibility index (Phi) is 4.32. The summed E-state index contributed by atoms with van der Waals surface area (Å²) in [7, 11) is 0. The highest BCUT2D eigenvalue weighted by Gasteiger charge is 2.07. The Morgan fingerprint density at radius 2 is 1.83 bits per heavy atom. The van der Waals surface area contributed by atoms with Gasteiger partial charge in [0.15, 0.2) is 0 Å². The van der Waals surface area contributed by atoms with Crippen LogP contribution >= 0.6 is 39.3 Å². The number of hydrogen-bond donors (Lipinski definition) is 2. The summed E-state index contributed by atoms with van der Waals surface area (Å²) < 4.78 is 0.962. The van der Waals surface area contributed by atoms with Gasteiger partial charge >= 0.3 is 0 Å². The van der Waals surface area contributed by atoms with Gasteiger partial charge in [0.1, 0.15) is 5.84 Å². The molecule has 92 valence electrons. The molecular weight excluding hydrogens is 332 g/mol. The van der Waals surface area contributed by atoms with Gasteiger partial charge in [-0.1, -0.05) is 39.3 Å². The van der Waals surface area contributed by atoms with E-state index in [0.717, 1.165) is 19.8 Å². The number of rotatable bonds is 3. The first-order valence-electron chi connectivity index (χ1n) is 5.13. The maximum atomic E-state index is 7.57. The molecule has 2 aromatic rings. The molecule has 2 rings (SSSR count). The fourth-order valence-corrected chi connectivity index (χ4v) is 3.07. The molecule has 0 spiro atoms. The summed E-state index contributed by atoms with van der Waals surface area (Å²) in [6, 6.07) is 13.2. The zero-order valence-corrected chi connectivity index (χ0v) is 12.4. The normalized spacial score (nSPS) is 10.3. The second kappa shape index (κ2) is 5.78. The van der Waals surface area contributed by atoms with Crippen molar-refractivity contribution in [1.82, 2.24) is 0 Å². The van der Waals surface area contributed by atoms with E-state index < -0.39 is 0 Å².